The third-order valence-corrected chi connectivity index (χ3v) is 3.18. The van der Waals surface area contributed by atoms with Crippen LogP contribution in [0.5, 0.6) is 0 Å². The van der Waals surface area contributed by atoms with Crippen LogP contribution < -0.4 is 5.32 Å². The molecule has 110 valence electrons. The molecule has 1 nitrogen and oxygen atoms in total. The first-order valence-electron chi connectivity index (χ1n) is 6.18. The first-order valence-corrected chi connectivity index (χ1v) is 6.18. The SMILES string of the molecule is C=C(C)c1ccc(-c2c(F)c(F)c(NC)c(F)c2F)cc1. The van der Waals surface area contributed by atoms with Crippen molar-refractivity contribution >= 4 is 11.3 Å². The van der Waals surface area contributed by atoms with E-state index in [1.807, 2.05) is 0 Å². The minimum absolute atomic E-state index is 0.0513. The van der Waals surface area contributed by atoms with Gasteiger partial charge < -0.3 is 5.32 Å². The van der Waals surface area contributed by atoms with Crippen LogP contribution in [0.15, 0.2) is 30.8 Å². The van der Waals surface area contributed by atoms with Crippen molar-refractivity contribution in [3.8, 4) is 11.1 Å². The zero-order valence-corrected chi connectivity index (χ0v) is 11.5. The van der Waals surface area contributed by atoms with Crippen LogP contribution in [0.3, 0.4) is 0 Å². The molecule has 0 fully saturated rings. The third kappa shape index (κ3) is 2.51. The van der Waals surface area contributed by atoms with E-state index in [1.165, 1.54) is 19.2 Å². The number of anilines is 1. The van der Waals surface area contributed by atoms with E-state index in [-0.39, 0.29) is 5.56 Å². The number of allylic oxidation sites excluding steroid dienone is 1. The van der Waals surface area contributed by atoms with E-state index < -0.39 is 34.5 Å². The fraction of sp³-hybridized carbons (Fsp3) is 0.125. The van der Waals surface area contributed by atoms with Crippen molar-refractivity contribution in [1.82, 2.24) is 0 Å². The molecule has 0 aromatic heterocycles. The largest absolute Gasteiger partial charge is 0.383 e. The Morgan fingerprint density at radius 2 is 1.38 bits per heavy atom. The van der Waals surface area contributed by atoms with E-state index in [4.69, 9.17) is 0 Å². The molecular weight excluding hydrogens is 282 g/mol. The molecule has 0 aliphatic carbocycles. The van der Waals surface area contributed by atoms with Crippen molar-refractivity contribution in [2.45, 2.75) is 6.92 Å². The van der Waals surface area contributed by atoms with Gasteiger partial charge in [0, 0.05) is 7.05 Å². The van der Waals surface area contributed by atoms with Crippen molar-refractivity contribution in [2.24, 2.45) is 0 Å². The smallest absolute Gasteiger partial charge is 0.185 e. The van der Waals surface area contributed by atoms with Crippen molar-refractivity contribution in [3.63, 3.8) is 0 Å². The average Bonchev–Trinajstić information content (AvgIpc) is 2.47. The molecule has 21 heavy (non-hydrogen) atoms. The summed E-state index contributed by atoms with van der Waals surface area (Å²) < 4.78 is 55.5. The van der Waals surface area contributed by atoms with Gasteiger partial charge in [-0.25, -0.2) is 17.6 Å². The van der Waals surface area contributed by atoms with Crippen LogP contribution >= 0.6 is 0 Å². The molecule has 0 bridgehead atoms. The van der Waals surface area contributed by atoms with Gasteiger partial charge in [0.05, 0.1) is 5.56 Å². The van der Waals surface area contributed by atoms with Gasteiger partial charge in [0.2, 0.25) is 0 Å². The van der Waals surface area contributed by atoms with Gasteiger partial charge in [0.25, 0.3) is 0 Å². The Kier molecular flexibility index (Phi) is 4.02. The minimum atomic E-state index is -1.45. The molecule has 0 atom stereocenters. The highest BCUT2D eigenvalue weighted by Crippen LogP contribution is 2.34. The topological polar surface area (TPSA) is 12.0 Å². The second kappa shape index (κ2) is 5.60. The molecule has 0 heterocycles. The van der Waals surface area contributed by atoms with E-state index in [2.05, 4.69) is 11.9 Å². The normalized spacial score (nSPS) is 10.6. The Morgan fingerprint density at radius 1 is 0.905 bits per heavy atom. The van der Waals surface area contributed by atoms with Crippen LogP contribution in [-0.4, -0.2) is 7.05 Å². The maximum Gasteiger partial charge on any atom is 0.185 e. The summed E-state index contributed by atoms with van der Waals surface area (Å²) in [4.78, 5) is 0. The Bertz CT molecular complexity index is 676. The lowest BCUT2D eigenvalue weighted by Gasteiger charge is -2.12. The lowest BCUT2D eigenvalue weighted by Crippen LogP contribution is -2.06. The summed E-state index contributed by atoms with van der Waals surface area (Å²) in [6.07, 6.45) is 0. The van der Waals surface area contributed by atoms with Crippen LogP contribution in [0.4, 0.5) is 23.2 Å². The predicted molar refractivity (Wildman–Crippen MR) is 76.0 cm³/mol. The monoisotopic (exact) mass is 295 g/mol. The summed E-state index contributed by atoms with van der Waals surface area (Å²) in [6.45, 7) is 5.51. The van der Waals surface area contributed by atoms with Crippen LogP contribution in [0, 0.1) is 23.3 Å². The van der Waals surface area contributed by atoms with Gasteiger partial charge in [-0.15, -0.1) is 0 Å². The highest BCUT2D eigenvalue weighted by molar-refractivity contribution is 5.71. The molecule has 0 saturated heterocycles. The summed E-state index contributed by atoms with van der Waals surface area (Å²) in [5, 5.41) is 2.11. The highest BCUT2D eigenvalue weighted by Gasteiger charge is 2.25. The summed E-state index contributed by atoms with van der Waals surface area (Å²) >= 11 is 0. The number of hydrogen-bond acceptors (Lipinski definition) is 1. The molecule has 0 aliphatic rings. The first-order chi connectivity index (χ1) is 9.88. The van der Waals surface area contributed by atoms with Crippen molar-refractivity contribution in [3.05, 3.63) is 59.7 Å². The number of halogens is 4. The average molecular weight is 295 g/mol. The molecule has 0 amide bonds. The van der Waals surface area contributed by atoms with Crippen LogP contribution in [0.1, 0.15) is 12.5 Å². The van der Waals surface area contributed by atoms with Gasteiger partial charge in [0.1, 0.15) is 5.69 Å². The van der Waals surface area contributed by atoms with Crippen molar-refractivity contribution < 1.29 is 17.6 Å². The second-order valence-corrected chi connectivity index (χ2v) is 4.61. The summed E-state index contributed by atoms with van der Waals surface area (Å²) in [7, 11) is 1.18. The molecule has 0 aliphatic heterocycles. The first kappa shape index (κ1) is 15.1. The van der Waals surface area contributed by atoms with E-state index in [0.29, 0.717) is 0 Å². The zero-order valence-electron chi connectivity index (χ0n) is 11.5. The number of nitrogens with one attached hydrogen (secondary N) is 1. The molecule has 0 unspecified atom stereocenters. The van der Waals surface area contributed by atoms with E-state index >= 15 is 0 Å². The number of hydrogen-bond donors (Lipinski definition) is 1. The fourth-order valence-corrected chi connectivity index (χ4v) is 2.03. The molecule has 5 heteroatoms. The molecule has 2 aromatic carbocycles. The Hall–Kier alpha value is -2.30. The maximum atomic E-state index is 14.0. The zero-order chi connectivity index (χ0) is 15.7. The third-order valence-electron chi connectivity index (χ3n) is 3.18. The quantitative estimate of drug-likeness (QED) is 0.621. The van der Waals surface area contributed by atoms with Gasteiger partial charge in [0.15, 0.2) is 23.3 Å². The van der Waals surface area contributed by atoms with E-state index in [1.54, 1.807) is 19.1 Å². The van der Waals surface area contributed by atoms with Crippen LogP contribution in [-0.2, 0) is 0 Å². The van der Waals surface area contributed by atoms with Gasteiger partial charge in [-0.2, -0.15) is 0 Å². The lowest BCUT2D eigenvalue weighted by molar-refractivity contribution is 0.463. The second-order valence-electron chi connectivity index (χ2n) is 4.61. The maximum absolute atomic E-state index is 14.0. The molecule has 0 saturated carbocycles. The minimum Gasteiger partial charge on any atom is -0.383 e. The van der Waals surface area contributed by atoms with Crippen LogP contribution in [0.2, 0.25) is 0 Å². The molecule has 0 spiro atoms. The van der Waals surface area contributed by atoms with E-state index in [9.17, 15) is 17.6 Å². The summed E-state index contributed by atoms with van der Waals surface area (Å²) in [5.41, 5.74) is 0.0396. The van der Waals surface area contributed by atoms with Gasteiger partial charge in [-0.3, -0.25) is 0 Å². The standard InChI is InChI=1S/C16H13F4N/c1-8(2)9-4-6-10(7-5-9)11-12(17)14(19)16(21-3)15(20)13(11)18/h4-7,21H,1H2,2-3H3. The van der Waals surface area contributed by atoms with Gasteiger partial charge >= 0.3 is 0 Å². The van der Waals surface area contributed by atoms with Gasteiger partial charge in [-0.05, 0) is 18.1 Å². The molecule has 2 aromatic rings. The van der Waals surface area contributed by atoms with Gasteiger partial charge in [-0.1, -0.05) is 36.4 Å². The summed E-state index contributed by atoms with van der Waals surface area (Å²) in [6, 6.07) is 5.95. The number of benzene rings is 2. The fourth-order valence-electron chi connectivity index (χ4n) is 2.03. The molecule has 2 rings (SSSR count). The molecule has 1 N–H and O–H groups in total. The Balaban J connectivity index is 2.66. The van der Waals surface area contributed by atoms with Crippen LogP contribution in [0.25, 0.3) is 16.7 Å². The number of rotatable bonds is 3. The highest BCUT2D eigenvalue weighted by atomic mass is 19.2. The van der Waals surface area contributed by atoms with Crippen molar-refractivity contribution in [2.75, 3.05) is 12.4 Å². The molecule has 0 radical (unpaired) electrons. The van der Waals surface area contributed by atoms with E-state index in [0.717, 1.165) is 11.1 Å². The Morgan fingerprint density at radius 3 is 1.76 bits per heavy atom. The lowest BCUT2D eigenvalue weighted by atomic mass is 10.00. The molecular formula is C16H13F4N. The summed E-state index contributed by atoms with van der Waals surface area (Å²) in [5.74, 6) is -5.76. The Labute approximate surface area is 119 Å². The van der Waals surface area contributed by atoms with Crippen molar-refractivity contribution in [1.29, 1.82) is 0 Å². The predicted octanol–water partition coefficient (Wildman–Crippen LogP) is 4.98.